The van der Waals surface area contributed by atoms with Gasteiger partial charge in [-0.05, 0) is 20.8 Å². The molecule has 0 N–H and O–H groups in total. The minimum absolute atomic E-state index is 0.230. The highest BCUT2D eigenvalue weighted by Gasteiger charge is 2.31. The Morgan fingerprint density at radius 3 is 2.33 bits per heavy atom. The van der Waals surface area contributed by atoms with Crippen LogP contribution < -0.4 is 0 Å². The summed E-state index contributed by atoms with van der Waals surface area (Å²) < 4.78 is 38.2. The summed E-state index contributed by atoms with van der Waals surface area (Å²) in [6.45, 7) is 3.98. The largest absolute Gasteiger partial charge is 0.408 e. The van der Waals surface area contributed by atoms with Crippen LogP contribution in [0.1, 0.15) is 16.5 Å². The monoisotopic (exact) mass is 276 g/mol. The highest BCUT2D eigenvalue weighted by atomic mass is 32.1. The summed E-state index contributed by atoms with van der Waals surface area (Å²) in [4.78, 5) is 8.89. The summed E-state index contributed by atoms with van der Waals surface area (Å²) in [5, 5.41) is 4.58. The Morgan fingerprint density at radius 2 is 1.83 bits per heavy atom. The van der Waals surface area contributed by atoms with Crippen molar-refractivity contribution in [1.82, 2.24) is 19.7 Å². The molecular weight excluding hydrogens is 265 g/mol. The SMILES string of the molecule is Cc1nc(-c2sc(C)nc2C)n(CC(F)(F)F)n1. The number of hydrogen-bond donors (Lipinski definition) is 0. The Kier molecular flexibility index (Phi) is 3.14. The predicted molar refractivity (Wildman–Crippen MR) is 61.4 cm³/mol. The van der Waals surface area contributed by atoms with Crippen LogP contribution >= 0.6 is 11.3 Å². The summed E-state index contributed by atoms with van der Waals surface area (Å²) in [6.07, 6.45) is -4.32. The van der Waals surface area contributed by atoms with Crippen LogP contribution in [0.3, 0.4) is 0 Å². The van der Waals surface area contributed by atoms with E-state index in [2.05, 4.69) is 15.1 Å². The van der Waals surface area contributed by atoms with Crippen molar-refractivity contribution in [2.75, 3.05) is 0 Å². The van der Waals surface area contributed by atoms with Crippen LogP contribution in [0, 0.1) is 20.8 Å². The molecule has 2 heterocycles. The lowest BCUT2D eigenvalue weighted by Crippen LogP contribution is -2.19. The molecule has 0 aliphatic carbocycles. The predicted octanol–water partition coefficient (Wildman–Crippen LogP) is 2.89. The number of nitrogens with zero attached hydrogens (tertiary/aromatic N) is 4. The zero-order chi connectivity index (χ0) is 13.5. The van der Waals surface area contributed by atoms with Gasteiger partial charge in [0.25, 0.3) is 0 Å². The highest BCUT2D eigenvalue weighted by Crippen LogP contribution is 2.29. The van der Waals surface area contributed by atoms with Crippen LogP contribution in [-0.4, -0.2) is 25.9 Å². The van der Waals surface area contributed by atoms with Crippen molar-refractivity contribution in [3.8, 4) is 10.7 Å². The third kappa shape index (κ3) is 2.69. The van der Waals surface area contributed by atoms with E-state index in [4.69, 9.17) is 0 Å². The lowest BCUT2D eigenvalue weighted by atomic mass is 10.3. The zero-order valence-corrected chi connectivity index (χ0v) is 10.9. The minimum atomic E-state index is -4.32. The smallest absolute Gasteiger partial charge is 0.246 e. The Labute approximate surface area is 105 Å². The van der Waals surface area contributed by atoms with Gasteiger partial charge in [-0.15, -0.1) is 11.3 Å². The molecule has 0 fully saturated rings. The van der Waals surface area contributed by atoms with Gasteiger partial charge in [-0.25, -0.2) is 14.6 Å². The Bertz CT molecular complexity index is 570. The van der Waals surface area contributed by atoms with Crippen LogP contribution in [-0.2, 0) is 6.54 Å². The second-order valence-electron chi connectivity index (χ2n) is 3.90. The molecule has 0 spiro atoms. The maximum absolute atomic E-state index is 12.5. The molecule has 98 valence electrons. The van der Waals surface area contributed by atoms with Gasteiger partial charge >= 0.3 is 6.18 Å². The number of thiazole rings is 1. The zero-order valence-electron chi connectivity index (χ0n) is 10.0. The topological polar surface area (TPSA) is 43.6 Å². The van der Waals surface area contributed by atoms with Gasteiger partial charge in [0.2, 0.25) is 0 Å². The number of hydrogen-bond acceptors (Lipinski definition) is 4. The van der Waals surface area contributed by atoms with Gasteiger partial charge in [0.1, 0.15) is 12.4 Å². The van der Waals surface area contributed by atoms with Gasteiger partial charge in [0.15, 0.2) is 5.82 Å². The second-order valence-corrected chi connectivity index (χ2v) is 5.11. The summed E-state index contributed by atoms with van der Waals surface area (Å²) in [5.74, 6) is 0.549. The molecule has 18 heavy (non-hydrogen) atoms. The first-order chi connectivity index (χ1) is 8.26. The number of halogens is 3. The van der Waals surface area contributed by atoms with Gasteiger partial charge in [0.05, 0.1) is 15.6 Å². The molecule has 0 saturated carbocycles. The van der Waals surface area contributed by atoms with Crippen molar-refractivity contribution in [3.63, 3.8) is 0 Å². The van der Waals surface area contributed by atoms with Crippen molar-refractivity contribution in [3.05, 3.63) is 16.5 Å². The Morgan fingerprint density at radius 1 is 1.17 bits per heavy atom. The van der Waals surface area contributed by atoms with E-state index in [1.807, 2.05) is 0 Å². The number of rotatable bonds is 2. The molecule has 4 nitrogen and oxygen atoms in total. The molecule has 0 saturated heterocycles. The van der Waals surface area contributed by atoms with E-state index >= 15 is 0 Å². The molecule has 0 aliphatic rings. The standard InChI is InChI=1S/C10H11F3N4S/c1-5-8(18-7(3)14-5)9-15-6(2)16-17(9)4-10(11,12)13/h4H2,1-3H3. The van der Waals surface area contributed by atoms with E-state index < -0.39 is 12.7 Å². The second kappa shape index (κ2) is 4.34. The van der Waals surface area contributed by atoms with Crippen LogP contribution in [0.4, 0.5) is 13.2 Å². The molecule has 8 heteroatoms. The average Bonchev–Trinajstić information content (AvgIpc) is 2.67. The van der Waals surface area contributed by atoms with E-state index in [-0.39, 0.29) is 5.82 Å². The Balaban J connectivity index is 2.48. The molecule has 0 aliphatic heterocycles. The van der Waals surface area contributed by atoms with Gasteiger partial charge in [-0.3, -0.25) is 0 Å². The normalized spacial score (nSPS) is 12.1. The molecule has 0 bridgehead atoms. The van der Waals surface area contributed by atoms with Crippen molar-refractivity contribution in [1.29, 1.82) is 0 Å². The number of aryl methyl sites for hydroxylation is 3. The van der Waals surface area contributed by atoms with E-state index in [1.165, 1.54) is 11.3 Å². The molecule has 0 amide bonds. The minimum Gasteiger partial charge on any atom is -0.246 e. The fourth-order valence-electron chi connectivity index (χ4n) is 1.64. The molecule has 2 rings (SSSR count). The molecule has 0 unspecified atom stereocenters. The molecular formula is C10H11F3N4S. The molecule has 0 atom stereocenters. The molecule has 2 aromatic rings. The molecule has 0 radical (unpaired) electrons. The van der Waals surface area contributed by atoms with Gasteiger partial charge in [0, 0.05) is 0 Å². The number of aromatic nitrogens is 4. The summed E-state index contributed by atoms with van der Waals surface area (Å²) in [5.41, 5.74) is 0.674. The third-order valence-electron chi connectivity index (χ3n) is 2.21. The number of alkyl halides is 3. The van der Waals surface area contributed by atoms with E-state index in [9.17, 15) is 13.2 Å². The van der Waals surface area contributed by atoms with Crippen LogP contribution in [0.25, 0.3) is 10.7 Å². The van der Waals surface area contributed by atoms with Crippen LogP contribution in [0.15, 0.2) is 0 Å². The van der Waals surface area contributed by atoms with Crippen molar-refractivity contribution >= 4 is 11.3 Å². The van der Waals surface area contributed by atoms with E-state index in [0.29, 0.717) is 16.4 Å². The fourth-order valence-corrected chi connectivity index (χ4v) is 2.56. The average molecular weight is 276 g/mol. The fraction of sp³-hybridized carbons (Fsp3) is 0.500. The molecule has 2 aromatic heterocycles. The lowest BCUT2D eigenvalue weighted by Gasteiger charge is -2.08. The third-order valence-corrected chi connectivity index (χ3v) is 3.28. The van der Waals surface area contributed by atoms with Gasteiger partial charge < -0.3 is 0 Å². The maximum atomic E-state index is 12.5. The van der Waals surface area contributed by atoms with Crippen molar-refractivity contribution in [2.24, 2.45) is 0 Å². The first-order valence-electron chi connectivity index (χ1n) is 5.19. The van der Waals surface area contributed by atoms with E-state index in [0.717, 1.165) is 9.69 Å². The highest BCUT2D eigenvalue weighted by molar-refractivity contribution is 7.15. The van der Waals surface area contributed by atoms with Crippen LogP contribution in [0.5, 0.6) is 0 Å². The van der Waals surface area contributed by atoms with Gasteiger partial charge in [-0.1, -0.05) is 0 Å². The van der Waals surface area contributed by atoms with E-state index in [1.54, 1.807) is 20.8 Å². The quantitative estimate of drug-likeness (QED) is 0.847. The summed E-state index contributed by atoms with van der Waals surface area (Å²) in [7, 11) is 0. The van der Waals surface area contributed by atoms with Crippen molar-refractivity contribution in [2.45, 2.75) is 33.5 Å². The summed E-state index contributed by atoms with van der Waals surface area (Å²) >= 11 is 1.32. The molecule has 0 aromatic carbocycles. The maximum Gasteiger partial charge on any atom is 0.408 e. The van der Waals surface area contributed by atoms with Crippen molar-refractivity contribution < 1.29 is 13.2 Å². The van der Waals surface area contributed by atoms with Crippen LogP contribution in [0.2, 0.25) is 0 Å². The summed E-state index contributed by atoms with van der Waals surface area (Å²) in [6, 6.07) is 0. The van der Waals surface area contributed by atoms with Gasteiger partial charge in [-0.2, -0.15) is 18.3 Å². The lowest BCUT2D eigenvalue weighted by molar-refractivity contribution is -0.142. The first kappa shape index (κ1) is 13.0. The Hall–Kier alpha value is -1.44. The first-order valence-corrected chi connectivity index (χ1v) is 6.00.